The molecule has 1 atom stereocenters. The Hall–Kier alpha value is -3.49. The van der Waals surface area contributed by atoms with Crippen LogP contribution in [-0.4, -0.2) is 51.4 Å². The molecule has 4 rings (SSSR count). The van der Waals surface area contributed by atoms with Crippen LogP contribution in [-0.2, 0) is 9.59 Å². The minimum absolute atomic E-state index is 0.0883. The molecule has 2 aliphatic heterocycles. The van der Waals surface area contributed by atoms with Crippen molar-refractivity contribution in [1.82, 2.24) is 20.0 Å². The van der Waals surface area contributed by atoms with E-state index in [1.165, 1.54) is 0 Å². The van der Waals surface area contributed by atoms with E-state index >= 15 is 0 Å². The van der Waals surface area contributed by atoms with Gasteiger partial charge in [-0.2, -0.15) is 5.10 Å². The highest BCUT2D eigenvalue weighted by atomic mass is 16.2. The van der Waals surface area contributed by atoms with Gasteiger partial charge in [0.05, 0.1) is 28.7 Å². The van der Waals surface area contributed by atoms with E-state index < -0.39 is 29.7 Å². The van der Waals surface area contributed by atoms with Crippen LogP contribution < -0.4 is 10.2 Å². The molecule has 0 spiro atoms. The van der Waals surface area contributed by atoms with Crippen LogP contribution in [0.3, 0.4) is 0 Å². The van der Waals surface area contributed by atoms with E-state index in [0.29, 0.717) is 5.69 Å². The van der Waals surface area contributed by atoms with Crippen molar-refractivity contribution < 1.29 is 19.2 Å². The van der Waals surface area contributed by atoms with Crippen LogP contribution in [0.2, 0.25) is 0 Å². The number of benzene rings is 1. The molecule has 1 saturated heterocycles. The first-order valence-electron chi connectivity index (χ1n) is 9.42. The van der Waals surface area contributed by atoms with Gasteiger partial charge in [0.2, 0.25) is 11.8 Å². The van der Waals surface area contributed by atoms with Crippen LogP contribution in [0.15, 0.2) is 30.6 Å². The summed E-state index contributed by atoms with van der Waals surface area (Å²) < 4.78 is 1.80. The monoisotopic (exact) mass is 395 g/mol. The van der Waals surface area contributed by atoms with Crippen LogP contribution in [0.1, 0.15) is 53.4 Å². The van der Waals surface area contributed by atoms with Gasteiger partial charge in [-0.1, -0.05) is 6.07 Å². The molecule has 4 amide bonds. The molecule has 2 aromatic rings. The lowest BCUT2D eigenvalue weighted by atomic mass is 10.0. The van der Waals surface area contributed by atoms with Gasteiger partial charge >= 0.3 is 0 Å². The number of nitrogens with one attached hydrogen (secondary N) is 1. The summed E-state index contributed by atoms with van der Waals surface area (Å²) in [5.41, 5.74) is 1.83. The molecule has 9 heteroatoms. The molecule has 1 aromatic heterocycles. The zero-order valence-electron chi connectivity index (χ0n) is 16.4. The fraction of sp³-hybridized carbons (Fsp3) is 0.350. The van der Waals surface area contributed by atoms with Gasteiger partial charge in [-0.15, -0.1) is 0 Å². The van der Waals surface area contributed by atoms with Crippen molar-refractivity contribution in [1.29, 1.82) is 0 Å². The normalized spacial score (nSPS) is 19.0. The van der Waals surface area contributed by atoms with Crippen LogP contribution >= 0.6 is 0 Å². The minimum Gasteiger partial charge on any atom is -0.341 e. The standard InChI is InChI=1S/C20H21N5O4/c1-11(2)24-10-12(9-21-24)23(3)14-6-4-5-13-17(14)20(29)25(19(13)28)15-7-8-16(26)22-18(15)27/h4-6,9-11,15H,7-8H2,1-3H3,(H,22,26,27). The van der Waals surface area contributed by atoms with E-state index in [1.54, 1.807) is 41.0 Å². The summed E-state index contributed by atoms with van der Waals surface area (Å²) in [7, 11) is 1.80. The van der Waals surface area contributed by atoms with Crippen molar-refractivity contribution >= 4 is 35.0 Å². The number of imide groups is 2. The summed E-state index contributed by atoms with van der Waals surface area (Å²) in [5, 5.41) is 6.53. The van der Waals surface area contributed by atoms with Crippen LogP contribution in [0.5, 0.6) is 0 Å². The van der Waals surface area contributed by atoms with Crippen molar-refractivity contribution in [2.24, 2.45) is 0 Å². The summed E-state index contributed by atoms with van der Waals surface area (Å²) in [6, 6.07) is 4.24. The SMILES string of the molecule is CC(C)n1cc(N(C)c2cccc3c2C(=O)N(C2CCC(=O)NC2=O)C3=O)cn1. The van der Waals surface area contributed by atoms with Gasteiger partial charge in [0.1, 0.15) is 6.04 Å². The molecule has 29 heavy (non-hydrogen) atoms. The number of carbonyl (C=O) groups is 4. The zero-order chi connectivity index (χ0) is 20.9. The number of aromatic nitrogens is 2. The minimum atomic E-state index is -0.984. The Kier molecular flexibility index (Phi) is 4.45. The van der Waals surface area contributed by atoms with Gasteiger partial charge in [-0.25, -0.2) is 0 Å². The lowest BCUT2D eigenvalue weighted by molar-refractivity contribution is -0.136. The summed E-state index contributed by atoms with van der Waals surface area (Å²) in [6.45, 7) is 4.02. The molecule has 1 aromatic carbocycles. The highest BCUT2D eigenvalue weighted by Gasteiger charge is 2.46. The molecule has 1 fully saturated rings. The predicted molar refractivity (Wildman–Crippen MR) is 104 cm³/mol. The Morgan fingerprint density at radius 2 is 1.93 bits per heavy atom. The van der Waals surface area contributed by atoms with E-state index in [1.807, 2.05) is 20.0 Å². The first kappa shape index (κ1) is 18.9. The first-order valence-corrected chi connectivity index (χ1v) is 9.42. The first-order chi connectivity index (χ1) is 13.8. The van der Waals surface area contributed by atoms with E-state index in [4.69, 9.17) is 0 Å². The summed E-state index contributed by atoms with van der Waals surface area (Å²) in [4.78, 5) is 52.6. The number of amides is 4. The van der Waals surface area contributed by atoms with Gasteiger partial charge in [-0.05, 0) is 32.4 Å². The largest absolute Gasteiger partial charge is 0.341 e. The molecule has 150 valence electrons. The fourth-order valence-electron chi connectivity index (χ4n) is 3.70. The zero-order valence-corrected chi connectivity index (χ0v) is 16.4. The Bertz CT molecular complexity index is 1040. The van der Waals surface area contributed by atoms with Crippen molar-refractivity contribution in [3.05, 3.63) is 41.7 Å². The number of hydrogen-bond acceptors (Lipinski definition) is 6. The number of anilines is 2. The van der Waals surface area contributed by atoms with Gasteiger partial charge < -0.3 is 4.90 Å². The average molecular weight is 395 g/mol. The third kappa shape index (κ3) is 2.98. The maximum atomic E-state index is 13.2. The molecule has 0 bridgehead atoms. The third-order valence-electron chi connectivity index (χ3n) is 5.31. The van der Waals surface area contributed by atoms with Crippen molar-refractivity contribution in [3.63, 3.8) is 0 Å². The summed E-state index contributed by atoms with van der Waals surface area (Å²) in [5.74, 6) is -2.07. The molecule has 0 aliphatic carbocycles. The Labute approximate surface area is 167 Å². The smallest absolute Gasteiger partial charge is 0.264 e. The molecular weight excluding hydrogens is 374 g/mol. The van der Waals surface area contributed by atoms with Crippen LogP contribution in [0.4, 0.5) is 11.4 Å². The van der Waals surface area contributed by atoms with Crippen molar-refractivity contribution in [3.8, 4) is 0 Å². The van der Waals surface area contributed by atoms with Gasteiger partial charge in [0.25, 0.3) is 11.8 Å². The topological polar surface area (TPSA) is 105 Å². The molecule has 0 saturated carbocycles. The number of piperidine rings is 1. The van der Waals surface area contributed by atoms with E-state index in [2.05, 4.69) is 10.4 Å². The molecule has 1 N–H and O–H groups in total. The van der Waals surface area contributed by atoms with Gasteiger partial charge in [-0.3, -0.25) is 34.1 Å². The van der Waals surface area contributed by atoms with Crippen LogP contribution in [0, 0.1) is 0 Å². The molecule has 2 aliphatic rings. The number of rotatable bonds is 4. The third-order valence-corrected chi connectivity index (χ3v) is 5.31. The van der Waals surface area contributed by atoms with Gasteiger partial charge in [0, 0.05) is 25.7 Å². The lowest BCUT2D eigenvalue weighted by Crippen LogP contribution is -2.54. The Morgan fingerprint density at radius 3 is 2.59 bits per heavy atom. The Morgan fingerprint density at radius 1 is 1.17 bits per heavy atom. The predicted octanol–water partition coefficient (Wildman–Crippen LogP) is 1.63. The second-order valence-electron chi connectivity index (χ2n) is 7.48. The number of hydrogen-bond donors (Lipinski definition) is 1. The van der Waals surface area contributed by atoms with Crippen molar-refractivity contribution in [2.75, 3.05) is 11.9 Å². The van der Waals surface area contributed by atoms with E-state index in [-0.39, 0.29) is 30.0 Å². The van der Waals surface area contributed by atoms with Crippen LogP contribution in [0.25, 0.3) is 0 Å². The van der Waals surface area contributed by atoms with E-state index in [9.17, 15) is 19.2 Å². The second-order valence-corrected chi connectivity index (χ2v) is 7.48. The molecule has 1 unspecified atom stereocenters. The molecular formula is C20H21N5O4. The maximum absolute atomic E-state index is 13.2. The number of carbonyl (C=O) groups excluding carboxylic acids is 4. The fourth-order valence-corrected chi connectivity index (χ4v) is 3.70. The highest BCUT2D eigenvalue weighted by molar-refractivity contribution is 6.25. The number of nitrogens with zero attached hydrogens (tertiary/aromatic N) is 4. The highest BCUT2D eigenvalue weighted by Crippen LogP contribution is 2.36. The second kappa shape index (κ2) is 6.84. The molecule has 0 radical (unpaired) electrons. The molecule has 9 nitrogen and oxygen atoms in total. The average Bonchev–Trinajstić information content (AvgIpc) is 3.27. The summed E-state index contributed by atoms with van der Waals surface area (Å²) >= 11 is 0. The number of fused-ring (bicyclic) bond motifs is 1. The van der Waals surface area contributed by atoms with E-state index in [0.717, 1.165) is 10.6 Å². The quantitative estimate of drug-likeness (QED) is 0.789. The Balaban J connectivity index is 1.71. The maximum Gasteiger partial charge on any atom is 0.264 e. The van der Waals surface area contributed by atoms with Crippen molar-refractivity contribution in [2.45, 2.75) is 38.8 Å². The molecule has 3 heterocycles. The van der Waals surface area contributed by atoms with Gasteiger partial charge in [0.15, 0.2) is 0 Å². The lowest BCUT2D eigenvalue weighted by Gasteiger charge is -2.28. The summed E-state index contributed by atoms with van der Waals surface area (Å²) in [6.07, 6.45) is 3.77.